The van der Waals surface area contributed by atoms with Gasteiger partial charge in [-0.1, -0.05) is 0 Å². The van der Waals surface area contributed by atoms with Gasteiger partial charge in [-0.3, -0.25) is 9.48 Å². The van der Waals surface area contributed by atoms with E-state index in [0.717, 1.165) is 24.9 Å². The van der Waals surface area contributed by atoms with Crippen molar-refractivity contribution >= 4 is 5.91 Å². The van der Waals surface area contributed by atoms with E-state index in [1.54, 1.807) is 10.9 Å². The third-order valence-electron chi connectivity index (χ3n) is 2.96. The Bertz CT molecular complexity index is 368. The molecule has 0 aromatic carbocycles. The summed E-state index contributed by atoms with van der Waals surface area (Å²) in [5, 5.41) is 10.3. The summed E-state index contributed by atoms with van der Waals surface area (Å²) >= 11 is 0. The van der Waals surface area contributed by atoms with E-state index in [4.69, 9.17) is 0 Å². The molecule has 0 bridgehead atoms. The molecule has 1 fully saturated rings. The molecule has 2 atom stereocenters. The van der Waals surface area contributed by atoms with Crippen molar-refractivity contribution < 1.29 is 4.79 Å². The number of hydrogen-bond acceptors (Lipinski definition) is 3. The lowest BCUT2D eigenvalue weighted by molar-refractivity contribution is -0.123. The Kier molecular flexibility index (Phi) is 3.24. The van der Waals surface area contributed by atoms with Crippen molar-refractivity contribution in [2.45, 2.75) is 31.8 Å². The molecule has 2 rings (SSSR count). The molecule has 2 heterocycles. The summed E-state index contributed by atoms with van der Waals surface area (Å²) in [5.74, 6) is 0.0915. The third kappa shape index (κ3) is 2.41. The van der Waals surface area contributed by atoms with Crippen molar-refractivity contribution in [3.05, 3.63) is 18.0 Å². The molecule has 0 radical (unpaired) electrons. The topological polar surface area (TPSA) is 59.0 Å². The SMILES string of the molecule is CC(NC(=O)[C@@H]1CCCN1)c1cnn(C)c1. The van der Waals surface area contributed by atoms with Gasteiger partial charge >= 0.3 is 0 Å². The number of aromatic nitrogens is 2. The Morgan fingerprint density at radius 1 is 1.75 bits per heavy atom. The van der Waals surface area contributed by atoms with E-state index >= 15 is 0 Å². The van der Waals surface area contributed by atoms with Gasteiger partial charge in [0.25, 0.3) is 0 Å². The van der Waals surface area contributed by atoms with Crippen LogP contribution in [0.15, 0.2) is 12.4 Å². The van der Waals surface area contributed by atoms with E-state index in [1.807, 2.05) is 20.2 Å². The average molecular weight is 222 g/mol. The summed E-state index contributed by atoms with van der Waals surface area (Å²) in [6.45, 7) is 2.92. The Morgan fingerprint density at radius 3 is 3.12 bits per heavy atom. The first-order chi connectivity index (χ1) is 7.66. The van der Waals surface area contributed by atoms with E-state index in [0.29, 0.717) is 0 Å². The summed E-state index contributed by atoms with van der Waals surface area (Å²) in [7, 11) is 1.87. The predicted molar refractivity (Wildman–Crippen MR) is 60.8 cm³/mol. The van der Waals surface area contributed by atoms with Crippen molar-refractivity contribution in [2.75, 3.05) is 6.54 Å². The number of nitrogens with zero attached hydrogens (tertiary/aromatic N) is 2. The second-order valence-electron chi connectivity index (χ2n) is 4.33. The molecule has 1 aliphatic heterocycles. The first-order valence-corrected chi connectivity index (χ1v) is 5.69. The number of rotatable bonds is 3. The molecule has 5 nitrogen and oxygen atoms in total. The molecule has 1 amide bonds. The monoisotopic (exact) mass is 222 g/mol. The van der Waals surface area contributed by atoms with Crippen LogP contribution in [-0.4, -0.2) is 28.3 Å². The molecule has 88 valence electrons. The highest BCUT2D eigenvalue weighted by atomic mass is 16.2. The van der Waals surface area contributed by atoms with Crippen LogP contribution in [0.3, 0.4) is 0 Å². The van der Waals surface area contributed by atoms with Gasteiger partial charge in [0, 0.05) is 18.8 Å². The third-order valence-corrected chi connectivity index (χ3v) is 2.96. The second-order valence-corrected chi connectivity index (χ2v) is 4.33. The van der Waals surface area contributed by atoms with Gasteiger partial charge in [-0.25, -0.2) is 0 Å². The Labute approximate surface area is 95.2 Å². The standard InChI is InChI=1S/C11H18N4O/c1-8(9-6-13-15(2)7-9)14-11(16)10-4-3-5-12-10/h6-8,10,12H,3-5H2,1-2H3,(H,14,16)/t8?,10-/m0/s1. The van der Waals surface area contributed by atoms with E-state index in [1.165, 1.54) is 0 Å². The molecule has 2 N–H and O–H groups in total. The second kappa shape index (κ2) is 4.65. The lowest BCUT2D eigenvalue weighted by Crippen LogP contribution is -2.41. The highest BCUT2D eigenvalue weighted by molar-refractivity contribution is 5.82. The van der Waals surface area contributed by atoms with Crippen molar-refractivity contribution in [3.8, 4) is 0 Å². The van der Waals surface area contributed by atoms with E-state index in [9.17, 15) is 4.79 Å². The normalized spacial score (nSPS) is 22.0. The maximum atomic E-state index is 11.8. The Hall–Kier alpha value is -1.36. The van der Waals surface area contributed by atoms with Crippen molar-refractivity contribution in [3.63, 3.8) is 0 Å². The minimum absolute atomic E-state index is 0.0147. The average Bonchev–Trinajstić information content (AvgIpc) is 2.87. The van der Waals surface area contributed by atoms with Crippen LogP contribution in [-0.2, 0) is 11.8 Å². The van der Waals surface area contributed by atoms with Crippen molar-refractivity contribution in [1.29, 1.82) is 0 Å². The maximum absolute atomic E-state index is 11.8. The van der Waals surface area contributed by atoms with Crippen LogP contribution < -0.4 is 10.6 Å². The van der Waals surface area contributed by atoms with Gasteiger partial charge in [0.15, 0.2) is 0 Å². The number of nitrogens with one attached hydrogen (secondary N) is 2. The van der Waals surface area contributed by atoms with Gasteiger partial charge in [0.2, 0.25) is 5.91 Å². The summed E-state index contributed by atoms with van der Waals surface area (Å²) in [5.41, 5.74) is 1.04. The van der Waals surface area contributed by atoms with Gasteiger partial charge in [0.05, 0.1) is 18.3 Å². The summed E-state index contributed by atoms with van der Waals surface area (Å²) in [4.78, 5) is 11.8. The molecule has 1 saturated heterocycles. The van der Waals surface area contributed by atoms with Crippen molar-refractivity contribution in [1.82, 2.24) is 20.4 Å². The summed E-state index contributed by atoms with van der Waals surface area (Å²) in [6, 6.07) is 0.00252. The quantitative estimate of drug-likeness (QED) is 0.776. The van der Waals surface area contributed by atoms with Crippen LogP contribution in [0.25, 0.3) is 0 Å². The molecule has 0 spiro atoms. The fourth-order valence-corrected chi connectivity index (χ4v) is 1.97. The van der Waals surface area contributed by atoms with Crippen LogP contribution >= 0.6 is 0 Å². The van der Waals surface area contributed by atoms with Gasteiger partial charge in [-0.15, -0.1) is 0 Å². The Morgan fingerprint density at radius 2 is 2.56 bits per heavy atom. The fourth-order valence-electron chi connectivity index (χ4n) is 1.97. The van der Waals surface area contributed by atoms with Gasteiger partial charge in [0.1, 0.15) is 0 Å². The first kappa shape index (κ1) is 11.1. The van der Waals surface area contributed by atoms with Crippen LogP contribution in [0.2, 0.25) is 0 Å². The van der Waals surface area contributed by atoms with Crippen LogP contribution in [0.4, 0.5) is 0 Å². The van der Waals surface area contributed by atoms with Gasteiger partial charge in [-0.05, 0) is 26.3 Å². The number of carbonyl (C=O) groups is 1. The van der Waals surface area contributed by atoms with Crippen molar-refractivity contribution in [2.24, 2.45) is 7.05 Å². The molecule has 1 aliphatic rings. The lowest BCUT2D eigenvalue weighted by Gasteiger charge is -2.15. The molecule has 0 aliphatic carbocycles. The molecular formula is C11H18N4O. The van der Waals surface area contributed by atoms with Crippen LogP contribution in [0.5, 0.6) is 0 Å². The highest BCUT2D eigenvalue weighted by Crippen LogP contribution is 2.12. The minimum Gasteiger partial charge on any atom is -0.348 e. The van der Waals surface area contributed by atoms with Crippen LogP contribution in [0, 0.1) is 0 Å². The first-order valence-electron chi connectivity index (χ1n) is 5.69. The zero-order valence-corrected chi connectivity index (χ0v) is 9.73. The molecule has 1 aromatic heterocycles. The number of amides is 1. The van der Waals surface area contributed by atoms with Gasteiger partial charge < -0.3 is 10.6 Å². The zero-order chi connectivity index (χ0) is 11.5. The molecule has 0 saturated carbocycles. The van der Waals surface area contributed by atoms with E-state index < -0.39 is 0 Å². The Balaban J connectivity index is 1.91. The molecule has 1 unspecified atom stereocenters. The molecular weight excluding hydrogens is 204 g/mol. The summed E-state index contributed by atoms with van der Waals surface area (Å²) < 4.78 is 1.74. The number of carbonyl (C=O) groups excluding carboxylic acids is 1. The molecule has 1 aromatic rings. The van der Waals surface area contributed by atoms with E-state index in [2.05, 4.69) is 15.7 Å². The molecule has 5 heteroatoms. The predicted octanol–water partition coefficient (Wildman–Crippen LogP) is 0.349. The zero-order valence-electron chi connectivity index (χ0n) is 9.73. The number of aryl methyl sites for hydroxylation is 1. The largest absolute Gasteiger partial charge is 0.348 e. The molecule has 16 heavy (non-hydrogen) atoms. The maximum Gasteiger partial charge on any atom is 0.237 e. The van der Waals surface area contributed by atoms with Gasteiger partial charge in [-0.2, -0.15) is 5.10 Å². The minimum atomic E-state index is -0.0147. The summed E-state index contributed by atoms with van der Waals surface area (Å²) in [6.07, 6.45) is 5.73. The highest BCUT2D eigenvalue weighted by Gasteiger charge is 2.23. The smallest absolute Gasteiger partial charge is 0.237 e. The lowest BCUT2D eigenvalue weighted by atomic mass is 10.1. The van der Waals surface area contributed by atoms with E-state index in [-0.39, 0.29) is 18.0 Å². The number of hydrogen-bond donors (Lipinski definition) is 2. The fraction of sp³-hybridized carbons (Fsp3) is 0.636. The van der Waals surface area contributed by atoms with Crippen LogP contribution in [0.1, 0.15) is 31.4 Å².